The normalized spacial score (nSPS) is 18.0. The fraction of sp³-hybridized carbons (Fsp3) is 0.375. The summed E-state index contributed by atoms with van der Waals surface area (Å²) >= 11 is 0. The molecule has 3 aromatic carbocycles. The van der Waals surface area contributed by atoms with Crippen molar-refractivity contribution < 1.29 is 41.7 Å². The minimum Gasteiger partial charge on any atom is -0.454 e. The summed E-state index contributed by atoms with van der Waals surface area (Å²) in [6.07, 6.45) is -2.44. The van der Waals surface area contributed by atoms with E-state index in [2.05, 4.69) is 5.32 Å². The molecule has 11 nitrogen and oxygen atoms in total. The van der Waals surface area contributed by atoms with Gasteiger partial charge in [-0.1, -0.05) is 50.6 Å². The Morgan fingerprint density at radius 3 is 2.49 bits per heavy atom. The highest BCUT2D eigenvalue weighted by Gasteiger charge is 2.39. The first-order chi connectivity index (χ1) is 21.5. The summed E-state index contributed by atoms with van der Waals surface area (Å²) in [7, 11) is -4.10. The first kappa shape index (κ1) is 32.2. The van der Waals surface area contributed by atoms with Crippen LogP contribution in [0.1, 0.15) is 25.8 Å². The number of amides is 2. The van der Waals surface area contributed by atoms with Crippen molar-refractivity contribution in [2.24, 2.45) is 5.92 Å². The molecule has 0 unspecified atom stereocenters. The number of benzene rings is 3. The lowest BCUT2D eigenvalue weighted by Crippen LogP contribution is -2.53. The maximum Gasteiger partial charge on any atom is 0.415 e. The minimum atomic E-state index is -4.10. The lowest BCUT2D eigenvalue weighted by molar-refractivity contribution is -0.129. The molecule has 0 bridgehead atoms. The van der Waals surface area contributed by atoms with Gasteiger partial charge in [0, 0.05) is 24.8 Å². The van der Waals surface area contributed by atoms with Crippen LogP contribution in [0.25, 0.3) is 0 Å². The molecule has 2 heterocycles. The Balaban J connectivity index is 1.36. The predicted molar refractivity (Wildman–Crippen MR) is 163 cm³/mol. The number of rotatable bonds is 13. The second-order valence-electron chi connectivity index (χ2n) is 11.2. The van der Waals surface area contributed by atoms with E-state index >= 15 is 0 Å². The molecule has 45 heavy (non-hydrogen) atoms. The zero-order valence-corrected chi connectivity index (χ0v) is 25.8. The second kappa shape index (κ2) is 13.8. The number of fused-ring (bicyclic) bond motifs is 1. The van der Waals surface area contributed by atoms with Crippen molar-refractivity contribution in [3.63, 3.8) is 0 Å². The standard InChI is InChI=1S/C32H36FN3O8S/c1-3-21(2)17-35(45(40,41)25-13-14-28-29(16-25)43-20-42-28)18-27(37)26(15-22-7-5-4-6-8-22)34-31(38)30-19-36(32(39)44-30)24-11-9-23(33)10-12-24/h4-14,16,21,26-27,30,37H,3,15,17-20H2,1-2H3,(H,34,38)/t21-,26-,27+,30-/m0/s1. The number of hydrogen-bond donors (Lipinski definition) is 2. The second-order valence-corrected chi connectivity index (χ2v) is 13.1. The van der Waals surface area contributed by atoms with E-state index in [-0.39, 0.29) is 43.7 Å². The van der Waals surface area contributed by atoms with Gasteiger partial charge in [0.15, 0.2) is 17.6 Å². The van der Waals surface area contributed by atoms with Crippen molar-refractivity contribution in [3.8, 4) is 11.5 Å². The number of anilines is 1. The number of cyclic esters (lactones) is 1. The average molecular weight is 642 g/mol. The summed E-state index contributed by atoms with van der Waals surface area (Å²) < 4.78 is 58.5. The fourth-order valence-electron chi connectivity index (χ4n) is 5.13. The lowest BCUT2D eigenvalue weighted by atomic mass is 10.0. The third kappa shape index (κ3) is 7.55. The van der Waals surface area contributed by atoms with Gasteiger partial charge in [-0.05, 0) is 54.3 Å². The lowest BCUT2D eigenvalue weighted by Gasteiger charge is -2.31. The zero-order chi connectivity index (χ0) is 32.1. The van der Waals surface area contributed by atoms with E-state index in [0.29, 0.717) is 23.6 Å². The first-order valence-electron chi connectivity index (χ1n) is 14.7. The number of hydrogen-bond acceptors (Lipinski definition) is 8. The van der Waals surface area contributed by atoms with Gasteiger partial charge in [0.1, 0.15) is 5.82 Å². The van der Waals surface area contributed by atoms with E-state index in [0.717, 1.165) is 5.56 Å². The summed E-state index contributed by atoms with van der Waals surface area (Å²) in [4.78, 5) is 27.2. The van der Waals surface area contributed by atoms with Gasteiger partial charge in [-0.2, -0.15) is 4.31 Å². The molecule has 0 aliphatic carbocycles. The van der Waals surface area contributed by atoms with Crippen molar-refractivity contribution in [1.82, 2.24) is 9.62 Å². The molecule has 0 radical (unpaired) electrons. The van der Waals surface area contributed by atoms with Gasteiger partial charge in [-0.3, -0.25) is 9.69 Å². The summed E-state index contributed by atoms with van der Waals surface area (Å²) in [5.74, 6) is -0.395. The number of carbonyl (C=O) groups is 2. The van der Waals surface area contributed by atoms with Crippen LogP contribution in [0, 0.1) is 11.7 Å². The van der Waals surface area contributed by atoms with E-state index in [1.54, 1.807) is 0 Å². The SMILES string of the molecule is CC[C@H](C)CN(C[C@@H](O)[C@H](Cc1ccccc1)NC(=O)[C@@H]1CN(c2ccc(F)cc2)C(=O)O1)S(=O)(=O)c1ccc2c(c1)OCO2. The summed E-state index contributed by atoms with van der Waals surface area (Å²) in [6, 6.07) is 17.8. The molecule has 0 saturated carbocycles. The van der Waals surface area contributed by atoms with Gasteiger partial charge >= 0.3 is 6.09 Å². The zero-order valence-electron chi connectivity index (χ0n) is 25.0. The van der Waals surface area contributed by atoms with Crippen molar-refractivity contribution in [3.05, 3.63) is 84.2 Å². The Kier molecular flexibility index (Phi) is 9.90. The van der Waals surface area contributed by atoms with Crippen molar-refractivity contribution >= 4 is 27.7 Å². The molecule has 240 valence electrons. The van der Waals surface area contributed by atoms with Crippen molar-refractivity contribution in [2.75, 3.05) is 31.3 Å². The summed E-state index contributed by atoms with van der Waals surface area (Å²) in [5.41, 5.74) is 1.16. The van der Waals surface area contributed by atoms with Gasteiger partial charge in [-0.15, -0.1) is 0 Å². The quantitative estimate of drug-likeness (QED) is 0.289. The van der Waals surface area contributed by atoms with Crippen LogP contribution >= 0.6 is 0 Å². The van der Waals surface area contributed by atoms with Crippen LogP contribution in [0.2, 0.25) is 0 Å². The fourth-order valence-corrected chi connectivity index (χ4v) is 6.72. The summed E-state index contributed by atoms with van der Waals surface area (Å²) in [5, 5.41) is 14.4. The number of nitrogens with one attached hydrogen (secondary N) is 1. The van der Waals surface area contributed by atoms with Crippen molar-refractivity contribution in [2.45, 2.75) is 49.8 Å². The van der Waals surface area contributed by atoms with E-state index in [9.17, 15) is 27.5 Å². The molecule has 3 aromatic rings. The van der Waals surface area contributed by atoms with Crippen LogP contribution in [-0.4, -0.2) is 74.5 Å². The number of halogens is 1. The number of aliphatic hydroxyl groups excluding tert-OH is 1. The monoisotopic (exact) mass is 641 g/mol. The van der Waals surface area contributed by atoms with E-state index in [4.69, 9.17) is 14.2 Å². The molecule has 2 aliphatic rings. The molecule has 0 spiro atoms. The van der Waals surface area contributed by atoms with E-state index in [1.807, 2.05) is 44.2 Å². The minimum absolute atomic E-state index is 0.00698. The molecule has 2 aliphatic heterocycles. The highest BCUT2D eigenvalue weighted by atomic mass is 32.2. The first-order valence-corrected chi connectivity index (χ1v) is 16.1. The van der Waals surface area contributed by atoms with Crippen LogP contribution < -0.4 is 19.7 Å². The summed E-state index contributed by atoms with van der Waals surface area (Å²) in [6.45, 7) is 3.55. The third-order valence-corrected chi connectivity index (χ3v) is 9.75. The van der Waals surface area contributed by atoms with Gasteiger partial charge in [0.05, 0.1) is 23.6 Å². The van der Waals surface area contributed by atoms with Gasteiger partial charge in [-0.25, -0.2) is 17.6 Å². The molecular weight excluding hydrogens is 605 g/mol. The Morgan fingerprint density at radius 1 is 1.07 bits per heavy atom. The van der Waals surface area contributed by atoms with Crippen molar-refractivity contribution in [1.29, 1.82) is 0 Å². The topological polar surface area (TPSA) is 135 Å². The smallest absolute Gasteiger partial charge is 0.415 e. The number of sulfonamides is 1. The van der Waals surface area contributed by atoms with Gasteiger partial charge in [0.2, 0.25) is 16.8 Å². The number of aliphatic hydroxyl groups is 1. The van der Waals surface area contributed by atoms with E-state index < -0.39 is 46.1 Å². The van der Waals surface area contributed by atoms with Crippen LogP contribution in [0.4, 0.5) is 14.9 Å². The molecule has 13 heteroatoms. The molecule has 2 amide bonds. The maximum atomic E-state index is 13.9. The molecular formula is C32H36FN3O8S. The maximum absolute atomic E-state index is 13.9. The van der Waals surface area contributed by atoms with Gasteiger partial charge in [0.25, 0.3) is 5.91 Å². The number of nitrogens with zero attached hydrogens (tertiary/aromatic N) is 2. The number of ether oxygens (including phenoxy) is 3. The predicted octanol–water partition coefficient (Wildman–Crippen LogP) is 3.71. The van der Waals surface area contributed by atoms with Crippen LogP contribution in [0.5, 0.6) is 11.5 Å². The Morgan fingerprint density at radius 2 is 1.78 bits per heavy atom. The number of carbonyl (C=O) groups excluding carboxylic acids is 2. The van der Waals surface area contributed by atoms with Crippen LogP contribution in [0.3, 0.4) is 0 Å². The molecule has 1 fully saturated rings. The van der Waals surface area contributed by atoms with Gasteiger partial charge < -0.3 is 24.6 Å². The Labute approximate surface area is 261 Å². The largest absolute Gasteiger partial charge is 0.454 e. The van der Waals surface area contributed by atoms with E-state index in [1.165, 1.54) is 51.7 Å². The molecule has 2 N–H and O–H groups in total. The van der Waals surface area contributed by atoms with Crippen LogP contribution in [0.15, 0.2) is 77.7 Å². The molecule has 5 rings (SSSR count). The highest BCUT2D eigenvalue weighted by Crippen LogP contribution is 2.35. The highest BCUT2D eigenvalue weighted by molar-refractivity contribution is 7.89. The third-order valence-electron chi connectivity index (χ3n) is 7.92. The Bertz CT molecular complexity index is 1610. The molecule has 4 atom stereocenters. The molecule has 0 aromatic heterocycles. The molecule has 1 saturated heterocycles. The average Bonchev–Trinajstić information content (AvgIpc) is 3.67. The van der Waals surface area contributed by atoms with Crippen LogP contribution in [-0.2, 0) is 26.0 Å². The Hall–Kier alpha value is -4.20.